The summed E-state index contributed by atoms with van der Waals surface area (Å²) in [6, 6.07) is 0. The molecule has 1 heterocycles. The van der Waals surface area contributed by atoms with E-state index in [1.807, 2.05) is 0 Å². The maximum Gasteiger partial charge on any atom is 0.356 e. The van der Waals surface area contributed by atoms with Crippen LogP contribution in [0.3, 0.4) is 0 Å². The number of H-pyrrole nitrogens is 1. The van der Waals surface area contributed by atoms with Crippen LogP contribution in [-0.4, -0.2) is 27.3 Å². The predicted octanol–water partition coefficient (Wildman–Crippen LogP) is 0.504. The molecule has 7 heteroatoms. The second-order valence-corrected chi connectivity index (χ2v) is 3.31. The molecular formula is C10H12N4O3. The van der Waals surface area contributed by atoms with Gasteiger partial charge >= 0.3 is 5.82 Å². The van der Waals surface area contributed by atoms with Crippen LogP contribution in [0.25, 0.3) is 0 Å². The lowest BCUT2D eigenvalue weighted by molar-refractivity contribution is -0.389. The molecule has 17 heavy (non-hydrogen) atoms. The van der Waals surface area contributed by atoms with E-state index in [0.29, 0.717) is 18.8 Å². The van der Waals surface area contributed by atoms with Gasteiger partial charge < -0.3 is 15.4 Å². The lowest BCUT2D eigenvalue weighted by Crippen LogP contribution is -2.20. The molecule has 0 aliphatic rings. The number of nitro groups is 1. The van der Waals surface area contributed by atoms with Crippen LogP contribution in [0.2, 0.25) is 0 Å². The molecule has 0 fully saturated rings. The lowest BCUT2D eigenvalue weighted by atomic mass is 10.3. The highest BCUT2D eigenvalue weighted by molar-refractivity contribution is 5.72. The van der Waals surface area contributed by atoms with Gasteiger partial charge in [0.15, 0.2) is 5.82 Å². The van der Waals surface area contributed by atoms with Crippen molar-refractivity contribution < 1.29 is 9.72 Å². The zero-order valence-corrected chi connectivity index (χ0v) is 9.53. The molecule has 1 amide bonds. The highest BCUT2D eigenvalue weighted by Gasteiger charge is 2.15. The van der Waals surface area contributed by atoms with E-state index in [9.17, 15) is 14.9 Å². The predicted molar refractivity (Wildman–Crippen MR) is 60.2 cm³/mol. The van der Waals surface area contributed by atoms with Crippen molar-refractivity contribution >= 4 is 11.7 Å². The number of rotatable bonds is 3. The molecule has 90 valence electrons. The number of hydrogen-bond donors (Lipinski definition) is 2. The third kappa shape index (κ3) is 3.95. The van der Waals surface area contributed by atoms with Gasteiger partial charge in [0.05, 0.1) is 0 Å². The molecule has 0 aliphatic heterocycles. The molecule has 0 aromatic carbocycles. The van der Waals surface area contributed by atoms with Crippen molar-refractivity contribution in [3.05, 3.63) is 21.6 Å². The fraction of sp³-hybridized carbons (Fsp3) is 0.400. The molecule has 1 aromatic heterocycles. The maximum atomic E-state index is 10.6. The molecule has 0 unspecified atom stereocenters. The Labute approximate surface area is 97.8 Å². The SMILES string of the molecule is CC(=O)NCCC#Cc1nc(C)[nH]c1[N+](=O)[O-]. The van der Waals surface area contributed by atoms with E-state index in [-0.39, 0.29) is 17.4 Å². The number of aryl methyl sites for hydroxylation is 1. The maximum absolute atomic E-state index is 10.6. The standard InChI is InChI=1S/C10H12N4O3/c1-7-12-9(10(13-7)14(16)17)5-3-4-6-11-8(2)15/h4,6H2,1-2H3,(H,11,15)(H,12,13). The van der Waals surface area contributed by atoms with Gasteiger partial charge in [0.25, 0.3) is 0 Å². The average Bonchev–Trinajstić information content (AvgIpc) is 2.59. The van der Waals surface area contributed by atoms with E-state index >= 15 is 0 Å². The summed E-state index contributed by atoms with van der Waals surface area (Å²) in [6.07, 6.45) is 0.419. The van der Waals surface area contributed by atoms with Crippen molar-refractivity contribution in [3.8, 4) is 11.8 Å². The summed E-state index contributed by atoms with van der Waals surface area (Å²) in [5.41, 5.74) is 0.121. The van der Waals surface area contributed by atoms with Crippen LogP contribution in [0.15, 0.2) is 0 Å². The number of nitrogens with one attached hydrogen (secondary N) is 2. The molecule has 1 aromatic rings. The van der Waals surface area contributed by atoms with Crippen molar-refractivity contribution in [1.82, 2.24) is 15.3 Å². The molecule has 0 atom stereocenters. The van der Waals surface area contributed by atoms with Crippen LogP contribution < -0.4 is 5.32 Å². The fourth-order valence-corrected chi connectivity index (χ4v) is 1.15. The first-order chi connectivity index (χ1) is 8.00. The van der Waals surface area contributed by atoms with E-state index in [0.717, 1.165) is 0 Å². The minimum absolute atomic E-state index is 0.121. The Kier molecular flexibility index (Phi) is 4.22. The van der Waals surface area contributed by atoms with Crippen molar-refractivity contribution in [2.24, 2.45) is 0 Å². The third-order valence-electron chi connectivity index (χ3n) is 1.82. The molecule has 0 aliphatic carbocycles. The summed E-state index contributed by atoms with van der Waals surface area (Å²) in [6.45, 7) is 3.45. The molecule has 7 nitrogen and oxygen atoms in total. The van der Waals surface area contributed by atoms with Crippen molar-refractivity contribution in [1.29, 1.82) is 0 Å². The molecule has 1 rings (SSSR count). The van der Waals surface area contributed by atoms with Crippen LogP contribution in [0.4, 0.5) is 5.82 Å². The minimum atomic E-state index is -0.558. The van der Waals surface area contributed by atoms with Gasteiger partial charge in [0, 0.05) is 26.8 Å². The van der Waals surface area contributed by atoms with Crippen molar-refractivity contribution in [2.75, 3.05) is 6.54 Å². The Hall–Kier alpha value is -2.36. The molecule has 0 saturated carbocycles. The molecule has 0 bridgehead atoms. The quantitative estimate of drug-likeness (QED) is 0.345. The van der Waals surface area contributed by atoms with Gasteiger partial charge in [-0.3, -0.25) is 4.79 Å². The van der Waals surface area contributed by atoms with E-state index in [1.54, 1.807) is 6.92 Å². The van der Waals surface area contributed by atoms with Crippen LogP contribution >= 0.6 is 0 Å². The van der Waals surface area contributed by atoms with Gasteiger partial charge in [-0.1, -0.05) is 5.92 Å². The summed E-state index contributed by atoms with van der Waals surface area (Å²) in [5, 5.41) is 13.2. The number of imidazole rings is 1. The molecular weight excluding hydrogens is 224 g/mol. The number of amides is 1. The Balaban J connectivity index is 2.65. The van der Waals surface area contributed by atoms with E-state index < -0.39 is 4.92 Å². The highest BCUT2D eigenvalue weighted by Crippen LogP contribution is 2.12. The van der Waals surface area contributed by atoms with E-state index in [1.165, 1.54) is 6.92 Å². The summed E-state index contributed by atoms with van der Waals surface area (Å²) < 4.78 is 0. The average molecular weight is 236 g/mol. The topological polar surface area (TPSA) is 101 Å². The first-order valence-electron chi connectivity index (χ1n) is 4.95. The molecule has 0 radical (unpaired) electrons. The number of aromatic nitrogens is 2. The monoisotopic (exact) mass is 236 g/mol. The van der Waals surface area contributed by atoms with E-state index in [4.69, 9.17) is 0 Å². The number of carbonyl (C=O) groups is 1. The Morgan fingerprint density at radius 2 is 2.35 bits per heavy atom. The van der Waals surface area contributed by atoms with Gasteiger partial charge in [-0.05, 0) is 10.8 Å². The summed E-state index contributed by atoms with van der Waals surface area (Å²) >= 11 is 0. The Morgan fingerprint density at radius 3 is 2.94 bits per heavy atom. The van der Waals surface area contributed by atoms with Crippen molar-refractivity contribution in [2.45, 2.75) is 20.3 Å². The number of nitrogens with zero attached hydrogens (tertiary/aromatic N) is 2. The minimum Gasteiger partial charge on any atom is -0.358 e. The molecule has 0 spiro atoms. The Morgan fingerprint density at radius 1 is 1.65 bits per heavy atom. The van der Waals surface area contributed by atoms with Crippen LogP contribution in [0.1, 0.15) is 24.9 Å². The van der Waals surface area contributed by atoms with Gasteiger partial charge in [0.2, 0.25) is 11.6 Å². The van der Waals surface area contributed by atoms with E-state index in [2.05, 4.69) is 27.1 Å². The summed E-state index contributed by atoms with van der Waals surface area (Å²) in [7, 11) is 0. The van der Waals surface area contributed by atoms with Crippen LogP contribution in [-0.2, 0) is 4.79 Å². The summed E-state index contributed by atoms with van der Waals surface area (Å²) in [4.78, 5) is 27.1. The van der Waals surface area contributed by atoms with Gasteiger partial charge in [-0.2, -0.15) is 4.98 Å². The first kappa shape index (κ1) is 12.7. The zero-order valence-electron chi connectivity index (χ0n) is 9.53. The smallest absolute Gasteiger partial charge is 0.356 e. The zero-order chi connectivity index (χ0) is 12.8. The second kappa shape index (κ2) is 5.65. The van der Waals surface area contributed by atoms with Crippen molar-refractivity contribution in [3.63, 3.8) is 0 Å². The van der Waals surface area contributed by atoms with Gasteiger partial charge in [0.1, 0.15) is 0 Å². The Bertz CT molecular complexity index is 495. The highest BCUT2D eigenvalue weighted by atomic mass is 16.6. The number of hydrogen-bond acceptors (Lipinski definition) is 4. The lowest BCUT2D eigenvalue weighted by Gasteiger charge is -1.94. The number of carbonyl (C=O) groups excluding carboxylic acids is 1. The second-order valence-electron chi connectivity index (χ2n) is 3.31. The van der Waals surface area contributed by atoms with Crippen LogP contribution in [0.5, 0.6) is 0 Å². The first-order valence-corrected chi connectivity index (χ1v) is 4.95. The fourth-order valence-electron chi connectivity index (χ4n) is 1.15. The molecule has 2 N–H and O–H groups in total. The van der Waals surface area contributed by atoms with Crippen LogP contribution in [0, 0.1) is 28.9 Å². The normalized spacial score (nSPS) is 9.29. The van der Waals surface area contributed by atoms with Gasteiger partial charge in [-0.15, -0.1) is 0 Å². The van der Waals surface area contributed by atoms with Gasteiger partial charge in [-0.25, -0.2) is 4.98 Å². The largest absolute Gasteiger partial charge is 0.358 e. The number of aromatic amines is 1. The summed E-state index contributed by atoms with van der Waals surface area (Å²) in [5.74, 6) is 5.43. The molecule has 0 saturated heterocycles. The third-order valence-corrected chi connectivity index (χ3v) is 1.82.